The highest BCUT2D eigenvalue weighted by atomic mass is 16.5. The number of benzene rings is 1. The number of ether oxygens (including phenoxy) is 1. The maximum atomic E-state index is 11.3. The Labute approximate surface area is 83.9 Å². The van der Waals surface area contributed by atoms with E-state index < -0.39 is 0 Å². The maximum Gasteiger partial charge on any atom is 0.314 e. The molecule has 0 radical (unpaired) electrons. The normalized spacial score (nSPS) is 12.2. The summed E-state index contributed by atoms with van der Waals surface area (Å²) in [6, 6.07) is 7.73. The van der Waals surface area contributed by atoms with Crippen LogP contribution in [0.2, 0.25) is 0 Å². The van der Waals surface area contributed by atoms with Gasteiger partial charge in [-0.15, -0.1) is 0 Å². The second kappa shape index (κ2) is 4.77. The molecule has 3 heteroatoms. The second-order valence-corrected chi connectivity index (χ2v) is 3.22. The van der Waals surface area contributed by atoms with E-state index >= 15 is 0 Å². The van der Waals surface area contributed by atoms with Crippen LogP contribution in [-0.2, 0) is 9.53 Å². The molecule has 0 spiro atoms. The van der Waals surface area contributed by atoms with Crippen LogP contribution in [-0.4, -0.2) is 19.6 Å². The van der Waals surface area contributed by atoms with Crippen molar-refractivity contribution in [1.82, 2.24) is 0 Å². The fraction of sp³-hybridized carbons (Fsp3) is 0.364. The van der Waals surface area contributed by atoms with Crippen molar-refractivity contribution in [3.05, 3.63) is 35.4 Å². The molecule has 0 aliphatic rings. The Morgan fingerprint density at radius 1 is 1.43 bits per heavy atom. The van der Waals surface area contributed by atoms with E-state index in [4.69, 9.17) is 5.73 Å². The Morgan fingerprint density at radius 2 is 2.00 bits per heavy atom. The fourth-order valence-corrected chi connectivity index (χ4v) is 1.31. The molecule has 2 N–H and O–H groups in total. The number of nitrogens with two attached hydrogens (primary N) is 1. The van der Waals surface area contributed by atoms with Crippen molar-refractivity contribution in [2.45, 2.75) is 12.8 Å². The standard InChI is InChI=1S/C11H15NO2/c1-8-3-5-9(6-4-8)10(7-12)11(13)14-2/h3-6,10H,7,12H2,1-2H3/t10-/m1/s1. The molecule has 0 heterocycles. The number of hydrogen-bond acceptors (Lipinski definition) is 3. The lowest BCUT2D eigenvalue weighted by atomic mass is 9.98. The van der Waals surface area contributed by atoms with E-state index in [2.05, 4.69) is 4.74 Å². The molecule has 1 aromatic rings. The summed E-state index contributed by atoms with van der Waals surface area (Å²) in [4.78, 5) is 11.3. The minimum Gasteiger partial charge on any atom is -0.469 e. The summed E-state index contributed by atoms with van der Waals surface area (Å²) in [5, 5.41) is 0. The molecule has 3 nitrogen and oxygen atoms in total. The van der Waals surface area contributed by atoms with E-state index in [1.54, 1.807) is 0 Å². The molecular weight excluding hydrogens is 178 g/mol. The Balaban J connectivity index is 2.89. The van der Waals surface area contributed by atoms with Crippen molar-refractivity contribution in [2.24, 2.45) is 5.73 Å². The van der Waals surface area contributed by atoms with Gasteiger partial charge in [-0.3, -0.25) is 4.79 Å². The minimum atomic E-state index is -0.347. The Kier molecular flexibility index (Phi) is 3.65. The van der Waals surface area contributed by atoms with Crippen molar-refractivity contribution in [3.8, 4) is 0 Å². The van der Waals surface area contributed by atoms with E-state index in [9.17, 15) is 4.79 Å². The lowest BCUT2D eigenvalue weighted by molar-refractivity contribution is -0.142. The number of hydrogen-bond donors (Lipinski definition) is 1. The molecule has 14 heavy (non-hydrogen) atoms. The van der Waals surface area contributed by atoms with Crippen LogP contribution in [0.3, 0.4) is 0 Å². The molecule has 1 aromatic carbocycles. The van der Waals surface area contributed by atoms with Gasteiger partial charge in [-0.2, -0.15) is 0 Å². The summed E-state index contributed by atoms with van der Waals surface area (Å²) in [7, 11) is 1.37. The molecule has 0 fully saturated rings. The largest absolute Gasteiger partial charge is 0.469 e. The van der Waals surface area contributed by atoms with Crippen LogP contribution < -0.4 is 5.73 Å². The van der Waals surface area contributed by atoms with Crippen LogP contribution in [0.5, 0.6) is 0 Å². The van der Waals surface area contributed by atoms with Gasteiger partial charge in [0.25, 0.3) is 0 Å². The third-order valence-corrected chi connectivity index (χ3v) is 2.20. The number of aryl methyl sites for hydroxylation is 1. The molecular formula is C11H15NO2. The molecule has 1 rings (SSSR count). The van der Waals surface area contributed by atoms with E-state index in [0.29, 0.717) is 0 Å². The van der Waals surface area contributed by atoms with E-state index in [1.807, 2.05) is 31.2 Å². The van der Waals surface area contributed by atoms with Gasteiger partial charge < -0.3 is 10.5 Å². The lowest BCUT2D eigenvalue weighted by Crippen LogP contribution is -2.22. The first-order chi connectivity index (χ1) is 6.69. The summed E-state index contributed by atoms with van der Waals surface area (Å²) in [5.74, 6) is -0.628. The van der Waals surface area contributed by atoms with Gasteiger partial charge in [0.15, 0.2) is 0 Å². The highest BCUT2D eigenvalue weighted by Gasteiger charge is 2.18. The fourth-order valence-electron chi connectivity index (χ4n) is 1.31. The number of carbonyl (C=O) groups excluding carboxylic acids is 1. The molecule has 0 saturated heterocycles. The lowest BCUT2D eigenvalue weighted by Gasteiger charge is -2.12. The van der Waals surface area contributed by atoms with Gasteiger partial charge >= 0.3 is 5.97 Å². The predicted octanol–water partition coefficient (Wildman–Crippen LogP) is 1.21. The molecule has 0 aromatic heterocycles. The molecule has 0 amide bonds. The first kappa shape index (κ1) is 10.7. The number of esters is 1. The van der Waals surface area contributed by atoms with Crippen LogP contribution in [0.25, 0.3) is 0 Å². The topological polar surface area (TPSA) is 52.3 Å². The summed E-state index contributed by atoms with van der Waals surface area (Å²) in [6.45, 7) is 2.27. The maximum absolute atomic E-state index is 11.3. The quantitative estimate of drug-likeness (QED) is 0.734. The summed E-state index contributed by atoms with van der Waals surface area (Å²) in [6.07, 6.45) is 0. The van der Waals surface area contributed by atoms with Crippen LogP contribution in [0.15, 0.2) is 24.3 Å². The average Bonchev–Trinajstić information content (AvgIpc) is 2.21. The first-order valence-corrected chi connectivity index (χ1v) is 4.53. The highest BCUT2D eigenvalue weighted by molar-refractivity contribution is 5.78. The first-order valence-electron chi connectivity index (χ1n) is 4.53. The van der Waals surface area contributed by atoms with Crippen LogP contribution in [0.4, 0.5) is 0 Å². The van der Waals surface area contributed by atoms with E-state index in [-0.39, 0.29) is 18.4 Å². The minimum absolute atomic E-state index is 0.274. The molecule has 0 unspecified atom stereocenters. The van der Waals surface area contributed by atoms with Crippen molar-refractivity contribution < 1.29 is 9.53 Å². The molecule has 0 aliphatic carbocycles. The van der Waals surface area contributed by atoms with Gasteiger partial charge in [0.05, 0.1) is 13.0 Å². The van der Waals surface area contributed by atoms with Crippen molar-refractivity contribution in [3.63, 3.8) is 0 Å². The van der Waals surface area contributed by atoms with Crippen LogP contribution in [0, 0.1) is 6.92 Å². The monoisotopic (exact) mass is 193 g/mol. The summed E-state index contributed by atoms with van der Waals surface area (Å²) in [5.41, 5.74) is 7.59. The third-order valence-electron chi connectivity index (χ3n) is 2.20. The summed E-state index contributed by atoms with van der Waals surface area (Å²) < 4.78 is 4.67. The Bertz CT molecular complexity index is 306. The Hall–Kier alpha value is -1.35. The van der Waals surface area contributed by atoms with Crippen molar-refractivity contribution in [1.29, 1.82) is 0 Å². The molecule has 1 atom stereocenters. The molecule has 0 bridgehead atoms. The van der Waals surface area contributed by atoms with Gasteiger partial charge in [-0.25, -0.2) is 0 Å². The van der Waals surface area contributed by atoms with Gasteiger partial charge in [0.1, 0.15) is 0 Å². The molecule has 0 saturated carbocycles. The predicted molar refractivity (Wildman–Crippen MR) is 55.0 cm³/mol. The zero-order valence-corrected chi connectivity index (χ0v) is 8.49. The van der Waals surface area contributed by atoms with E-state index in [0.717, 1.165) is 11.1 Å². The zero-order chi connectivity index (χ0) is 10.6. The average molecular weight is 193 g/mol. The van der Waals surface area contributed by atoms with Crippen LogP contribution >= 0.6 is 0 Å². The SMILES string of the molecule is COC(=O)[C@H](CN)c1ccc(C)cc1. The van der Waals surface area contributed by atoms with Gasteiger partial charge in [0, 0.05) is 6.54 Å². The zero-order valence-electron chi connectivity index (χ0n) is 8.49. The van der Waals surface area contributed by atoms with Crippen molar-refractivity contribution >= 4 is 5.97 Å². The molecule has 0 aliphatic heterocycles. The highest BCUT2D eigenvalue weighted by Crippen LogP contribution is 2.16. The summed E-state index contributed by atoms with van der Waals surface area (Å²) >= 11 is 0. The van der Waals surface area contributed by atoms with E-state index in [1.165, 1.54) is 7.11 Å². The second-order valence-electron chi connectivity index (χ2n) is 3.22. The van der Waals surface area contributed by atoms with Gasteiger partial charge in [-0.1, -0.05) is 29.8 Å². The number of methoxy groups -OCH3 is 1. The van der Waals surface area contributed by atoms with Gasteiger partial charge in [0.2, 0.25) is 0 Å². The Morgan fingerprint density at radius 3 is 2.43 bits per heavy atom. The third kappa shape index (κ3) is 2.33. The van der Waals surface area contributed by atoms with Crippen LogP contribution in [0.1, 0.15) is 17.0 Å². The smallest absolute Gasteiger partial charge is 0.314 e. The number of rotatable bonds is 3. The molecule has 76 valence electrons. The van der Waals surface area contributed by atoms with Gasteiger partial charge in [-0.05, 0) is 12.5 Å². The van der Waals surface area contributed by atoms with Crippen molar-refractivity contribution in [2.75, 3.05) is 13.7 Å². The number of carbonyl (C=O) groups is 1.